The SMILES string of the molecule is CCC(=O)c1ccc(F)c(C2CC2)c1O. The molecule has 15 heavy (non-hydrogen) atoms. The fourth-order valence-corrected chi connectivity index (χ4v) is 1.76. The van der Waals surface area contributed by atoms with Gasteiger partial charge in [0, 0.05) is 12.0 Å². The molecule has 0 spiro atoms. The molecule has 2 nitrogen and oxygen atoms in total. The number of rotatable bonds is 3. The van der Waals surface area contributed by atoms with Crippen molar-refractivity contribution in [1.29, 1.82) is 0 Å². The molecule has 80 valence electrons. The summed E-state index contributed by atoms with van der Waals surface area (Å²) in [5, 5.41) is 9.82. The van der Waals surface area contributed by atoms with Crippen molar-refractivity contribution < 1.29 is 14.3 Å². The highest BCUT2D eigenvalue weighted by molar-refractivity contribution is 5.98. The molecule has 0 amide bonds. The zero-order valence-electron chi connectivity index (χ0n) is 8.59. The Labute approximate surface area is 87.7 Å². The van der Waals surface area contributed by atoms with E-state index < -0.39 is 5.82 Å². The molecule has 0 bridgehead atoms. The van der Waals surface area contributed by atoms with Gasteiger partial charge in [0.25, 0.3) is 0 Å². The lowest BCUT2D eigenvalue weighted by molar-refractivity contribution is 0.0985. The Balaban J connectivity index is 2.49. The summed E-state index contributed by atoms with van der Waals surface area (Å²) in [6, 6.07) is 2.64. The smallest absolute Gasteiger partial charge is 0.166 e. The van der Waals surface area contributed by atoms with Gasteiger partial charge in [0.15, 0.2) is 5.78 Å². The van der Waals surface area contributed by atoms with Crippen molar-refractivity contribution in [3.63, 3.8) is 0 Å². The van der Waals surface area contributed by atoms with Gasteiger partial charge in [-0.1, -0.05) is 6.92 Å². The molecule has 2 rings (SSSR count). The summed E-state index contributed by atoms with van der Waals surface area (Å²) in [6.45, 7) is 1.72. The van der Waals surface area contributed by atoms with Crippen molar-refractivity contribution in [2.24, 2.45) is 0 Å². The number of phenols is 1. The van der Waals surface area contributed by atoms with Crippen LogP contribution in [-0.4, -0.2) is 10.9 Å². The maximum atomic E-state index is 13.4. The third kappa shape index (κ3) is 1.74. The van der Waals surface area contributed by atoms with Crippen molar-refractivity contribution in [2.75, 3.05) is 0 Å². The number of hydrogen-bond donors (Lipinski definition) is 1. The topological polar surface area (TPSA) is 37.3 Å². The molecule has 1 saturated carbocycles. The Bertz CT molecular complexity index is 408. The van der Waals surface area contributed by atoms with Crippen LogP contribution in [0.1, 0.15) is 48.0 Å². The molecule has 0 saturated heterocycles. The van der Waals surface area contributed by atoms with Crippen LogP contribution in [0, 0.1) is 5.82 Å². The molecular weight excluding hydrogens is 195 g/mol. The molecule has 1 aromatic carbocycles. The molecule has 3 heteroatoms. The van der Waals surface area contributed by atoms with E-state index >= 15 is 0 Å². The average Bonchev–Trinajstić information content (AvgIpc) is 3.01. The first-order chi connectivity index (χ1) is 7.15. The monoisotopic (exact) mass is 208 g/mol. The minimum atomic E-state index is -0.400. The van der Waals surface area contributed by atoms with Crippen LogP contribution in [0.5, 0.6) is 5.75 Å². The largest absolute Gasteiger partial charge is 0.507 e. The normalized spacial score (nSPS) is 15.3. The maximum Gasteiger partial charge on any atom is 0.166 e. The van der Waals surface area contributed by atoms with E-state index in [0.29, 0.717) is 12.0 Å². The van der Waals surface area contributed by atoms with Gasteiger partial charge in [-0.2, -0.15) is 0 Å². The van der Waals surface area contributed by atoms with E-state index in [4.69, 9.17) is 0 Å². The van der Waals surface area contributed by atoms with E-state index in [0.717, 1.165) is 12.8 Å². The molecular formula is C12H13FO2. The maximum absolute atomic E-state index is 13.4. The fourth-order valence-electron chi connectivity index (χ4n) is 1.76. The Kier molecular flexibility index (Phi) is 2.47. The molecule has 1 N–H and O–H groups in total. The second-order valence-corrected chi connectivity index (χ2v) is 3.91. The third-order valence-corrected chi connectivity index (χ3v) is 2.77. The second kappa shape index (κ2) is 3.65. The van der Waals surface area contributed by atoms with Gasteiger partial charge in [-0.25, -0.2) is 4.39 Å². The number of hydrogen-bond acceptors (Lipinski definition) is 2. The summed E-state index contributed by atoms with van der Waals surface area (Å²) in [7, 11) is 0. The second-order valence-electron chi connectivity index (χ2n) is 3.91. The molecule has 0 aromatic heterocycles. The molecule has 0 heterocycles. The zero-order valence-corrected chi connectivity index (χ0v) is 8.59. The molecule has 0 aliphatic heterocycles. The molecule has 0 unspecified atom stereocenters. The minimum Gasteiger partial charge on any atom is -0.507 e. The van der Waals surface area contributed by atoms with Crippen molar-refractivity contribution in [1.82, 2.24) is 0 Å². The van der Waals surface area contributed by atoms with E-state index in [-0.39, 0.29) is 23.0 Å². The van der Waals surface area contributed by atoms with Crippen molar-refractivity contribution in [3.8, 4) is 5.75 Å². The van der Waals surface area contributed by atoms with E-state index in [9.17, 15) is 14.3 Å². The van der Waals surface area contributed by atoms with Gasteiger partial charge in [0.1, 0.15) is 11.6 Å². The van der Waals surface area contributed by atoms with Crippen LogP contribution in [0.2, 0.25) is 0 Å². The number of halogens is 1. The summed E-state index contributed by atoms with van der Waals surface area (Å²) >= 11 is 0. The number of phenolic OH excluding ortho intramolecular Hbond substituents is 1. The summed E-state index contributed by atoms with van der Waals surface area (Å²) in [5.41, 5.74) is 0.579. The first-order valence-corrected chi connectivity index (χ1v) is 5.19. The summed E-state index contributed by atoms with van der Waals surface area (Å²) in [6.07, 6.45) is 2.12. The van der Waals surface area contributed by atoms with Crippen molar-refractivity contribution >= 4 is 5.78 Å². The molecule has 1 aliphatic rings. The number of ketones is 1. The predicted octanol–water partition coefficient (Wildman–Crippen LogP) is 3.00. The summed E-state index contributed by atoms with van der Waals surface area (Å²) < 4.78 is 13.4. The van der Waals surface area contributed by atoms with Crippen LogP contribution in [0.25, 0.3) is 0 Å². The molecule has 1 aliphatic carbocycles. The zero-order chi connectivity index (χ0) is 11.0. The van der Waals surface area contributed by atoms with E-state index in [2.05, 4.69) is 0 Å². The lowest BCUT2D eigenvalue weighted by Gasteiger charge is -2.08. The van der Waals surface area contributed by atoms with E-state index in [1.165, 1.54) is 12.1 Å². The first kappa shape index (κ1) is 10.1. The third-order valence-electron chi connectivity index (χ3n) is 2.77. The minimum absolute atomic E-state index is 0.106. The van der Waals surface area contributed by atoms with Crippen LogP contribution < -0.4 is 0 Å². The highest BCUT2D eigenvalue weighted by Crippen LogP contribution is 2.46. The van der Waals surface area contributed by atoms with Gasteiger partial charge in [-0.05, 0) is 30.9 Å². The molecule has 0 radical (unpaired) electrons. The van der Waals surface area contributed by atoms with Crippen LogP contribution in [0.3, 0.4) is 0 Å². The first-order valence-electron chi connectivity index (χ1n) is 5.19. The van der Waals surface area contributed by atoms with E-state index in [1.54, 1.807) is 6.92 Å². The van der Waals surface area contributed by atoms with E-state index in [1.807, 2.05) is 0 Å². The Morgan fingerprint density at radius 2 is 2.20 bits per heavy atom. The van der Waals surface area contributed by atoms with Crippen LogP contribution >= 0.6 is 0 Å². The lowest BCUT2D eigenvalue weighted by atomic mass is 10.0. The number of Topliss-reactive ketones (excluding diaryl/α,β-unsaturated/α-hetero) is 1. The molecule has 1 fully saturated rings. The Hall–Kier alpha value is -1.38. The van der Waals surface area contributed by atoms with Crippen LogP contribution in [0.4, 0.5) is 4.39 Å². The Morgan fingerprint density at radius 3 is 2.73 bits per heavy atom. The van der Waals surface area contributed by atoms with Crippen LogP contribution in [0.15, 0.2) is 12.1 Å². The average molecular weight is 208 g/mol. The van der Waals surface area contributed by atoms with Gasteiger partial charge in [-0.3, -0.25) is 4.79 Å². The number of carbonyl (C=O) groups is 1. The Morgan fingerprint density at radius 1 is 1.53 bits per heavy atom. The lowest BCUT2D eigenvalue weighted by Crippen LogP contribution is -2.00. The highest BCUT2D eigenvalue weighted by atomic mass is 19.1. The van der Waals surface area contributed by atoms with Gasteiger partial charge in [-0.15, -0.1) is 0 Å². The molecule has 0 atom stereocenters. The van der Waals surface area contributed by atoms with Crippen molar-refractivity contribution in [3.05, 3.63) is 29.1 Å². The van der Waals surface area contributed by atoms with Gasteiger partial charge < -0.3 is 5.11 Å². The van der Waals surface area contributed by atoms with Gasteiger partial charge in [0.2, 0.25) is 0 Å². The fraction of sp³-hybridized carbons (Fsp3) is 0.417. The van der Waals surface area contributed by atoms with Crippen LogP contribution in [-0.2, 0) is 0 Å². The predicted molar refractivity (Wildman–Crippen MR) is 54.7 cm³/mol. The number of benzene rings is 1. The standard InChI is InChI=1S/C12H13FO2/c1-2-10(14)8-5-6-9(13)11(12(8)15)7-3-4-7/h5-7,15H,2-4H2,1H3. The molecule has 1 aromatic rings. The number of aromatic hydroxyl groups is 1. The van der Waals surface area contributed by atoms with Gasteiger partial charge in [0.05, 0.1) is 5.56 Å². The highest BCUT2D eigenvalue weighted by Gasteiger charge is 2.31. The summed E-state index contributed by atoms with van der Waals surface area (Å²) in [5.74, 6) is -0.587. The number of carbonyl (C=O) groups excluding carboxylic acids is 1. The van der Waals surface area contributed by atoms with Gasteiger partial charge >= 0.3 is 0 Å². The summed E-state index contributed by atoms with van der Waals surface area (Å²) in [4.78, 5) is 11.5. The van der Waals surface area contributed by atoms with Crippen molar-refractivity contribution in [2.45, 2.75) is 32.1 Å². The quantitative estimate of drug-likeness (QED) is 0.775.